The lowest BCUT2D eigenvalue weighted by Crippen LogP contribution is -2.54. The second kappa shape index (κ2) is 5.24. The highest BCUT2D eigenvalue weighted by atomic mass is 16.5. The summed E-state index contributed by atoms with van der Waals surface area (Å²) < 4.78 is 11.0. The van der Waals surface area contributed by atoms with Crippen LogP contribution >= 0.6 is 0 Å². The average Bonchev–Trinajstić information content (AvgIpc) is 2.42. The summed E-state index contributed by atoms with van der Waals surface area (Å²) in [5, 5.41) is 0. The van der Waals surface area contributed by atoms with Crippen molar-refractivity contribution in [1.29, 1.82) is 0 Å². The van der Waals surface area contributed by atoms with Crippen LogP contribution in [0.3, 0.4) is 0 Å². The van der Waals surface area contributed by atoms with Crippen LogP contribution in [0, 0.1) is 0 Å². The molecule has 1 aliphatic heterocycles. The van der Waals surface area contributed by atoms with Gasteiger partial charge in [-0.15, -0.1) is 0 Å². The van der Waals surface area contributed by atoms with Gasteiger partial charge in [-0.05, 0) is 12.1 Å². The van der Waals surface area contributed by atoms with Crippen molar-refractivity contribution in [3.63, 3.8) is 0 Å². The van der Waals surface area contributed by atoms with Gasteiger partial charge in [-0.25, -0.2) is 9.97 Å². The van der Waals surface area contributed by atoms with Crippen LogP contribution < -0.4 is 20.1 Å². The van der Waals surface area contributed by atoms with Crippen LogP contribution in [0.5, 0.6) is 11.5 Å². The molecule has 0 saturated carbocycles. The minimum Gasteiger partial charge on any atom is -0.497 e. The Kier molecular flexibility index (Phi) is 3.28. The first-order valence-corrected chi connectivity index (χ1v) is 6.38. The molecule has 0 spiro atoms. The molecule has 2 N–H and O–H groups in total. The highest BCUT2D eigenvalue weighted by molar-refractivity contribution is 5.48. The van der Waals surface area contributed by atoms with Gasteiger partial charge in [-0.1, -0.05) is 6.07 Å². The van der Waals surface area contributed by atoms with Crippen LogP contribution in [0.2, 0.25) is 0 Å². The predicted octanol–water partition coefficient (Wildman–Crippen LogP) is 1.33. The third kappa shape index (κ3) is 2.59. The molecule has 2 heterocycles. The maximum Gasteiger partial charge on any atom is 0.134 e. The lowest BCUT2D eigenvalue weighted by Gasteiger charge is -2.39. The quantitative estimate of drug-likeness (QED) is 0.905. The summed E-state index contributed by atoms with van der Waals surface area (Å²) in [6.07, 6.45) is 1.62. The summed E-state index contributed by atoms with van der Waals surface area (Å²) in [5.74, 6) is 2.92. The molecule has 0 radical (unpaired) electrons. The van der Waals surface area contributed by atoms with E-state index in [1.165, 1.54) is 6.33 Å². The summed E-state index contributed by atoms with van der Waals surface area (Å²) >= 11 is 0. The maximum absolute atomic E-state index is 5.88. The molecule has 0 unspecified atom stereocenters. The monoisotopic (exact) mass is 272 g/mol. The second-order valence-electron chi connectivity index (χ2n) is 4.62. The Balaban J connectivity index is 1.58. The number of nitrogens with two attached hydrogens (primary N) is 1. The first-order valence-electron chi connectivity index (χ1n) is 6.38. The molecule has 6 heteroatoms. The molecule has 1 saturated heterocycles. The van der Waals surface area contributed by atoms with Gasteiger partial charge in [-0.3, -0.25) is 0 Å². The van der Waals surface area contributed by atoms with E-state index < -0.39 is 0 Å². The van der Waals surface area contributed by atoms with Gasteiger partial charge in [0.25, 0.3) is 0 Å². The number of nitrogens with zero attached hydrogens (tertiary/aromatic N) is 3. The molecule has 20 heavy (non-hydrogen) atoms. The molecule has 104 valence electrons. The summed E-state index contributed by atoms with van der Waals surface area (Å²) in [6, 6.07) is 9.38. The highest BCUT2D eigenvalue weighted by Crippen LogP contribution is 2.25. The van der Waals surface area contributed by atoms with Crippen LogP contribution in [0.15, 0.2) is 36.7 Å². The van der Waals surface area contributed by atoms with E-state index in [2.05, 4.69) is 14.9 Å². The van der Waals surface area contributed by atoms with Crippen LogP contribution in [0.25, 0.3) is 0 Å². The van der Waals surface area contributed by atoms with Gasteiger partial charge in [-0.2, -0.15) is 0 Å². The summed E-state index contributed by atoms with van der Waals surface area (Å²) in [7, 11) is 1.64. The Morgan fingerprint density at radius 3 is 2.75 bits per heavy atom. The van der Waals surface area contributed by atoms with Crippen molar-refractivity contribution >= 4 is 11.6 Å². The lowest BCUT2D eigenvalue weighted by molar-refractivity contribution is 0.166. The van der Waals surface area contributed by atoms with Crippen LogP contribution in [0.4, 0.5) is 11.6 Å². The predicted molar refractivity (Wildman–Crippen MR) is 76.1 cm³/mol. The van der Waals surface area contributed by atoms with Crippen molar-refractivity contribution in [1.82, 2.24) is 9.97 Å². The number of methoxy groups -OCH3 is 1. The van der Waals surface area contributed by atoms with Crippen molar-refractivity contribution in [2.45, 2.75) is 6.10 Å². The van der Waals surface area contributed by atoms with E-state index in [9.17, 15) is 0 Å². The zero-order valence-electron chi connectivity index (χ0n) is 11.2. The molecule has 0 aliphatic carbocycles. The molecule has 0 amide bonds. The minimum atomic E-state index is 0.151. The Hall–Kier alpha value is -2.50. The summed E-state index contributed by atoms with van der Waals surface area (Å²) in [4.78, 5) is 10.2. The summed E-state index contributed by atoms with van der Waals surface area (Å²) in [5.41, 5.74) is 5.64. The van der Waals surface area contributed by atoms with Gasteiger partial charge in [0, 0.05) is 12.1 Å². The SMILES string of the molecule is COc1cccc(OC2CN(c3cc(N)ncn3)C2)c1. The highest BCUT2D eigenvalue weighted by Gasteiger charge is 2.29. The number of hydrogen-bond donors (Lipinski definition) is 1. The number of rotatable bonds is 4. The van der Waals surface area contributed by atoms with Gasteiger partial charge >= 0.3 is 0 Å². The normalized spacial score (nSPS) is 14.8. The fourth-order valence-electron chi connectivity index (χ4n) is 2.10. The van der Waals surface area contributed by atoms with Crippen molar-refractivity contribution in [3.8, 4) is 11.5 Å². The molecule has 1 fully saturated rings. The molecule has 1 aliphatic rings. The van der Waals surface area contributed by atoms with Crippen molar-refractivity contribution < 1.29 is 9.47 Å². The van der Waals surface area contributed by atoms with E-state index in [1.54, 1.807) is 13.2 Å². The third-order valence-corrected chi connectivity index (χ3v) is 3.19. The number of nitrogen functional groups attached to an aromatic ring is 1. The van der Waals surface area contributed by atoms with Gasteiger partial charge < -0.3 is 20.1 Å². The average molecular weight is 272 g/mol. The van der Waals surface area contributed by atoms with Crippen LogP contribution in [-0.2, 0) is 0 Å². The number of hydrogen-bond acceptors (Lipinski definition) is 6. The Morgan fingerprint density at radius 1 is 1.20 bits per heavy atom. The maximum atomic E-state index is 5.88. The zero-order valence-corrected chi connectivity index (χ0v) is 11.2. The van der Waals surface area contributed by atoms with Gasteiger partial charge in [0.1, 0.15) is 35.6 Å². The number of aromatic nitrogens is 2. The van der Waals surface area contributed by atoms with E-state index in [0.717, 1.165) is 30.4 Å². The van der Waals surface area contributed by atoms with E-state index >= 15 is 0 Å². The Labute approximate surface area is 117 Å². The van der Waals surface area contributed by atoms with Crippen molar-refractivity contribution in [2.24, 2.45) is 0 Å². The van der Waals surface area contributed by atoms with Gasteiger partial charge in [0.05, 0.1) is 20.2 Å². The Morgan fingerprint density at radius 2 is 2.00 bits per heavy atom. The molecule has 1 aromatic heterocycles. The molecule has 0 atom stereocenters. The number of anilines is 2. The first kappa shape index (κ1) is 12.5. The molecular formula is C14H16N4O2. The van der Waals surface area contributed by atoms with Crippen LogP contribution in [-0.4, -0.2) is 36.3 Å². The molecule has 2 aromatic rings. The largest absolute Gasteiger partial charge is 0.497 e. The van der Waals surface area contributed by atoms with Gasteiger partial charge in [0.15, 0.2) is 0 Å². The zero-order chi connectivity index (χ0) is 13.9. The molecular weight excluding hydrogens is 256 g/mol. The summed E-state index contributed by atoms with van der Waals surface area (Å²) in [6.45, 7) is 1.57. The number of benzene rings is 1. The molecule has 0 bridgehead atoms. The van der Waals surface area contributed by atoms with Crippen LogP contribution in [0.1, 0.15) is 0 Å². The first-order chi connectivity index (χ1) is 9.74. The van der Waals surface area contributed by atoms with Crippen molar-refractivity contribution in [2.75, 3.05) is 30.8 Å². The molecule has 1 aromatic carbocycles. The van der Waals surface area contributed by atoms with E-state index in [0.29, 0.717) is 5.82 Å². The standard InChI is InChI=1S/C14H16N4O2/c1-19-10-3-2-4-11(5-10)20-12-7-18(8-12)14-6-13(15)16-9-17-14/h2-6,9,12H,7-8H2,1H3,(H2,15,16,17). The van der Waals surface area contributed by atoms with Gasteiger partial charge in [0.2, 0.25) is 0 Å². The van der Waals surface area contributed by atoms with Crippen molar-refractivity contribution in [3.05, 3.63) is 36.7 Å². The fourth-order valence-corrected chi connectivity index (χ4v) is 2.10. The van der Waals surface area contributed by atoms with E-state index in [-0.39, 0.29) is 6.10 Å². The molecule has 3 rings (SSSR count). The molecule has 6 nitrogen and oxygen atoms in total. The third-order valence-electron chi connectivity index (χ3n) is 3.19. The smallest absolute Gasteiger partial charge is 0.134 e. The second-order valence-corrected chi connectivity index (χ2v) is 4.62. The topological polar surface area (TPSA) is 73.5 Å². The minimum absolute atomic E-state index is 0.151. The number of ether oxygens (including phenoxy) is 2. The van der Waals surface area contributed by atoms with E-state index in [1.807, 2.05) is 24.3 Å². The Bertz CT molecular complexity index is 599. The van der Waals surface area contributed by atoms with E-state index in [4.69, 9.17) is 15.2 Å². The lowest BCUT2D eigenvalue weighted by atomic mass is 10.1. The fraction of sp³-hybridized carbons (Fsp3) is 0.286.